The molecule has 0 spiro atoms. The molecule has 2 unspecified atom stereocenters. The van der Waals surface area contributed by atoms with Crippen molar-refractivity contribution in [1.29, 1.82) is 0 Å². The van der Waals surface area contributed by atoms with E-state index in [2.05, 4.69) is 15.6 Å². The average molecular weight is 516 g/mol. The van der Waals surface area contributed by atoms with Crippen molar-refractivity contribution in [1.82, 2.24) is 10.6 Å². The Balaban J connectivity index is 0.00000300. The van der Waals surface area contributed by atoms with Gasteiger partial charge in [-0.05, 0) is 24.1 Å². The molecule has 2 atom stereocenters. The summed E-state index contributed by atoms with van der Waals surface area (Å²) in [6.45, 7) is 1.64. The molecule has 29 heavy (non-hydrogen) atoms. The van der Waals surface area contributed by atoms with Gasteiger partial charge in [0.05, 0.1) is 6.10 Å². The monoisotopic (exact) mass is 516 g/mol. The minimum Gasteiger partial charge on any atom is -0.375 e. The zero-order valence-corrected chi connectivity index (χ0v) is 18.9. The SMILES string of the molecule is CN=C(NCC(OC)c1ccccc1)NC1CCN(c2c(F)cccc2F)C1.I. The molecule has 0 bridgehead atoms. The number of anilines is 1. The van der Waals surface area contributed by atoms with Crippen molar-refractivity contribution in [3.63, 3.8) is 0 Å². The highest BCUT2D eigenvalue weighted by atomic mass is 127. The second-order valence-corrected chi connectivity index (χ2v) is 6.73. The molecule has 0 amide bonds. The lowest BCUT2D eigenvalue weighted by atomic mass is 10.1. The molecule has 158 valence electrons. The Hall–Kier alpha value is -1.94. The maximum Gasteiger partial charge on any atom is 0.191 e. The molecule has 1 aliphatic rings. The lowest BCUT2D eigenvalue weighted by molar-refractivity contribution is 0.106. The molecular weight excluding hydrogens is 489 g/mol. The first kappa shape index (κ1) is 23.3. The van der Waals surface area contributed by atoms with E-state index >= 15 is 0 Å². The normalized spacial score (nSPS) is 17.6. The van der Waals surface area contributed by atoms with E-state index in [0.29, 0.717) is 25.6 Å². The number of guanidine groups is 1. The Bertz CT molecular complexity index is 786. The van der Waals surface area contributed by atoms with E-state index < -0.39 is 11.6 Å². The lowest BCUT2D eigenvalue weighted by Gasteiger charge is -2.22. The highest BCUT2D eigenvalue weighted by molar-refractivity contribution is 14.0. The van der Waals surface area contributed by atoms with Gasteiger partial charge in [-0.3, -0.25) is 4.99 Å². The van der Waals surface area contributed by atoms with Crippen molar-refractivity contribution in [2.75, 3.05) is 38.7 Å². The first-order valence-electron chi connectivity index (χ1n) is 9.36. The van der Waals surface area contributed by atoms with Crippen LogP contribution in [0.15, 0.2) is 53.5 Å². The fourth-order valence-corrected chi connectivity index (χ4v) is 3.45. The fourth-order valence-electron chi connectivity index (χ4n) is 3.45. The number of ether oxygens (including phenoxy) is 1. The minimum absolute atomic E-state index is 0. The van der Waals surface area contributed by atoms with E-state index in [1.165, 1.54) is 18.2 Å². The topological polar surface area (TPSA) is 48.9 Å². The largest absolute Gasteiger partial charge is 0.375 e. The molecule has 2 aromatic rings. The Morgan fingerprint density at radius 1 is 1.17 bits per heavy atom. The summed E-state index contributed by atoms with van der Waals surface area (Å²) in [5.74, 6) is -0.429. The number of benzene rings is 2. The third kappa shape index (κ3) is 6.02. The standard InChI is InChI=1S/C21H26F2N4O.HI/c1-24-21(25-13-19(28-2)15-7-4-3-5-8-15)26-16-11-12-27(14-16)20-17(22)9-6-10-18(20)23;/h3-10,16,19H,11-14H2,1-2H3,(H2,24,25,26);1H. The van der Waals surface area contributed by atoms with Gasteiger partial charge in [0, 0.05) is 39.8 Å². The van der Waals surface area contributed by atoms with Crippen LogP contribution in [-0.4, -0.2) is 45.8 Å². The summed E-state index contributed by atoms with van der Waals surface area (Å²) in [4.78, 5) is 5.99. The van der Waals surface area contributed by atoms with Crippen LogP contribution in [0.2, 0.25) is 0 Å². The van der Waals surface area contributed by atoms with E-state index in [-0.39, 0.29) is 41.8 Å². The second-order valence-electron chi connectivity index (χ2n) is 6.73. The third-order valence-electron chi connectivity index (χ3n) is 4.92. The van der Waals surface area contributed by atoms with E-state index in [9.17, 15) is 8.78 Å². The van der Waals surface area contributed by atoms with Gasteiger partial charge in [0.25, 0.3) is 0 Å². The molecule has 0 radical (unpaired) electrons. The molecule has 1 saturated heterocycles. The van der Waals surface area contributed by atoms with Crippen LogP contribution in [0.4, 0.5) is 14.5 Å². The summed E-state index contributed by atoms with van der Waals surface area (Å²) in [5, 5.41) is 6.60. The maximum atomic E-state index is 14.0. The van der Waals surface area contributed by atoms with Crippen LogP contribution in [0.1, 0.15) is 18.1 Å². The van der Waals surface area contributed by atoms with Gasteiger partial charge in [0.15, 0.2) is 5.96 Å². The molecule has 5 nitrogen and oxygen atoms in total. The van der Waals surface area contributed by atoms with Crippen LogP contribution in [0.5, 0.6) is 0 Å². The molecule has 0 aliphatic carbocycles. The van der Waals surface area contributed by atoms with Crippen molar-refractivity contribution in [3.8, 4) is 0 Å². The third-order valence-corrected chi connectivity index (χ3v) is 4.92. The zero-order valence-electron chi connectivity index (χ0n) is 16.6. The van der Waals surface area contributed by atoms with Crippen molar-refractivity contribution < 1.29 is 13.5 Å². The van der Waals surface area contributed by atoms with Crippen LogP contribution in [0, 0.1) is 11.6 Å². The Morgan fingerprint density at radius 2 is 1.86 bits per heavy atom. The summed E-state index contributed by atoms with van der Waals surface area (Å²) < 4.78 is 33.6. The number of aliphatic imine (C=N–C) groups is 1. The van der Waals surface area contributed by atoms with E-state index in [0.717, 1.165) is 12.0 Å². The van der Waals surface area contributed by atoms with E-state index in [1.54, 1.807) is 19.1 Å². The van der Waals surface area contributed by atoms with Gasteiger partial charge in [-0.1, -0.05) is 36.4 Å². The summed E-state index contributed by atoms with van der Waals surface area (Å²) in [7, 11) is 3.37. The number of methoxy groups -OCH3 is 1. The van der Waals surface area contributed by atoms with Crippen LogP contribution >= 0.6 is 24.0 Å². The molecule has 1 aliphatic heterocycles. The van der Waals surface area contributed by atoms with Gasteiger partial charge in [0.1, 0.15) is 17.3 Å². The van der Waals surface area contributed by atoms with Gasteiger partial charge in [-0.15, -0.1) is 24.0 Å². The summed E-state index contributed by atoms with van der Waals surface area (Å²) in [6, 6.07) is 13.9. The van der Waals surface area contributed by atoms with Crippen molar-refractivity contribution >= 4 is 35.6 Å². The van der Waals surface area contributed by atoms with Gasteiger partial charge >= 0.3 is 0 Å². The molecule has 3 rings (SSSR count). The molecular formula is C21H27F2IN4O. The predicted molar refractivity (Wildman–Crippen MR) is 123 cm³/mol. The molecule has 2 aromatic carbocycles. The van der Waals surface area contributed by atoms with Crippen molar-refractivity contribution in [2.45, 2.75) is 18.6 Å². The van der Waals surface area contributed by atoms with Gasteiger partial charge in [-0.2, -0.15) is 0 Å². The number of halogens is 3. The predicted octanol–water partition coefficient (Wildman–Crippen LogP) is 3.71. The van der Waals surface area contributed by atoms with Crippen LogP contribution in [-0.2, 0) is 4.74 Å². The fraction of sp³-hybridized carbons (Fsp3) is 0.381. The second kappa shape index (κ2) is 11.3. The number of hydrogen-bond acceptors (Lipinski definition) is 3. The average Bonchev–Trinajstić information content (AvgIpc) is 3.16. The highest BCUT2D eigenvalue weighted by Crippen LogP contribution is 2.26. The summed E-state index contributed by atoms with van der Waals surface area (Å²) in [5.41, 5.74) is 1.12. The van der Waals surface area contributed by atoms with Crippen LogP contribution < -0.4 is 15.5 Å². The summed E-state index contributed by atoms with van der Waals surface area (Å²) in [6.07, 6.45) is 0.660. The Labute approximate surface area is 187 Å². The molecule has 2 N–H and O–H groups in total. The van der Waals surface area contributed by atoms with Gasteiger partial charge in [0.2, 0.25) is 0 Å². The Kier molecular flexibility index (Phi) is 9.09. The Morgan fingerprint density at radius 3 is 2.48 bits per heavy atom. The molecule has 0 saturated carbocycles. The number of para-hydroxylation sites is 1. The zero-order chi connectivity index (χ0) is 19.9. The number of nitrogens with zero attached hydrogens (tertiary/aromatic N) is 2. The maximum absolute atomic E-state index is 14.0. The van der Waals surface area contributed by atoms with Crippen molar-refractivity contribution in [2.24, 2.45) is 4.99 Å². The smallest absolute Gasteiger partial charge is 0.191 e. The van der Waals surface area contributed by atoms with Gasteiger partial charge < -0.3 is 20.3 Å². The number of nitrogens with one attached hydrogen (secondary N) is 2. The number of hydrogen-bond donors (Lipinski definition) is 2. The highest BCUT2D eigenvalue weighted by Gasteiger charge is 2.27. The quantitative estimate of drug-likeness (QED) is 0.349. The minimum atomic E-state index is -0.533. The van der Waals surface area contributed by atoms with Crippen molar-refractivity contribution in [3.05, 3.63) is 65.7 Å². The summed E-state index contributed by atoms with van der Waals surface area (Å²) >= 11 is 0. The van der Waals surface area contributed by atoms with Gasteiger partial charge in [-0.25, -0.2) is 8.78 Å². The van der Waals surface area contributed by atoms with E-state index in [4.69, 9.17) is 4.74 Å². The van der Waals surface area contributed by atoms with Crippen LogP contribution in [0.25, 0.3) is 0 Å². The molecule has 8 heteroatoms. The van der Waals surface area contributed by atoms with E-state index in [1.807, 2.05) is 30.3 Å². The lowest BCUT2D eigenvalue weighted by Crippen LogP contribution is -2.45. The molecule has 0 aromatic heterocycles. The first-order valence-corrected chi connectivity index (χ1v) is 9.36. The first-order chi connectivity index (χ1) is 13.6. The number of rotatable bonds is 6. The molecule has 1 fully saturated rings. The van der Waals surface area contributed by atoms with Crippen LogP contribution in [0.3, 0.4) is 0 Å². The molecule has 1 heterocycles.